The zero-order valence-electron chi connectivity index (χ0n) is 16.4. The van der Waals surface area contributed by atoms with Crippen molar-refractivity contribution in [2.75, 3.05) is 20.8 Å². The van der Waals surface area contributed by atoms with Crippen LogP contribution in [0.1, 0.15) is 16.2 Å². The van der Waals surface area contributed by atoms with E-state index in [2.05, 4.69) is 14.9 Å². The molecule has 3 aromatic rings. The van der Waals surface area contributed by atoms with Gasteiger partial charge in [0.1, 0.15) is 23.9 Å². The zero-order valence-corrected chi connectivity index (χ0v) is 16.4. The number of carbonyl (C=O) groups is 1. The molecule has 1 aliphatic heterocycles. The number of rotatable bonds is 6. The molecule has 7 heteroatoms. The van der Waals surface area contributed by atoms with Crippen molar-refractivity contribution in [3.8, 4) is 22.8 Å². The van der Waals surface area contributed by atoms with E-state index >= 15 is 0 Å². The fourth-order valence-corrected chi connectivity index (χ4v) is 3.44. The number of fused-ring (bicyclic) bond motifs is 1. The number of imidazole rings is 1. The summed E-state index contributed by atoms with van der Waals surface area (Å²) in [7, 11) is 3.20. The number of hydrogen-bond acceptors (Lipinski definition) is 5. The first-order valence-electron chi connectivity index (χ1n) is 9.42. The highest BCUT2D eigenvalue weighted by Gasteiger charge is 2.23. The third kappa shape index (κ3) is 3.95. The van der Waals surface area contributed by atoms with Gasteiger partial charge in [-0.3, -0.25) is 4.79 Å². The maximum Gasteiger partial charge on any atom is 0.255 e. The highest BCUT2D eigenvalue weighted by Crippen LogP contribution is 2.30. The lowest BCUT2D eigenvalue weighted by atomic mass is 10.1. The standard InChI is InChI=1S/C22H23N3O4/c1-27-19-9-5-3-7-16(19)18-13-25-12-15(29-14-21(25)24-18)11-23-22(26)17-8-4-6-10-20(17)28-2/h3-10,13,15H,11-12,14H2,1-2H3,(H,23,26)/t15-/m0/s1. The van der Waals surface area contributed by atoms with Crippen LogP contribution in [0.25, 0.3) is 11.3 Å². The van der Waals surface area contributed by atoms with Gasteiger partial charge in [-0.15, -0.1) is 0 Å². The lowest BCUT2D eigenvalue weighted by Gasteiger charge is -2.24. The third-order valence-corrected chi connectivity index (χ3v) is 4.93. The molecular formula is C22H23N3O4. The van der Waals surface area contributed by atoms with Gasteiger partial charge in [-0.25, -0.2) is 4.98 Å². The Hall–Kier alpha value is -3.32. The Morgan fingerprint density at radius 3 is 2.66 bits per heavy atom. The fourth-order valence-electron chi connectivity index (χ4n) is 3.44. The van der Waals surface area contributed by atoms with Gasteiger partial charge in [-0.05, 0) is 24.3 Å². The topological polar surface area (TPSA) is 74.6 Å². The number of ether oxygens (including phenoxy) is 3. The number of methoxy groups -OCH3 is 2. The largest absolute Gasteiger partial charge is 0.496 e. The van der Waals surface area contributed by atoms with Gasteiger partial charge in [0.15, 0.2) is 0 Å². The van der Waals surface area contributed by atoms with Crippen LogP contribution in [0.15, 0.2) is 54.7 Å². The summed E-state index contributed by atoms with van der Waals surface area (Å²) in [4.78, 5) is 17.2. The van der Waals surface area contributed by atoms with Crippen LogP contribution in [0.3, 0.4) is 0 Å². The summed E-state index contributed by atoms with van der Waals surface area (Å²) >= 11 is 0. The second-order valence-electron chi connectivity index (χ2n) is 6.74. The van der Waals surface area contributed by atoms with Crippen molar-refractivity contribution in [3.05, 3.63) is 66.1 Å². The number of hydrogen-bond donors (Lipinski definition) is 1. The average molecular weight is 393 g/mol. The quantitative estimate of drug-likeness (QED) is 0.697. The van der Waals surface area contributed by atoms with Crippen LogP contribution in [0, 0.1) is 0 Å². The minimum absolute atomic E-state index is 0.138. The summed E-state index contributed by atoms with van der Waals surface area (Å²) in [6.45, 7) is 1.41. The first kappa shape index (κ1) is 19.0. The number of nitrogens with one attached hydrogen (secondary N) is 1. The zero-order chi connectivity index (χ0) is 20.2. The van der Waals surface area contributed by atoms with E-state index in [9.17, 15) is 4.79 Å². The summed E-state index contributed by atoms with van der Waals surface area (Å²) in [6, 6.07) is 14.9. The Balaban J connectivity index is 1.43. The van der Waals surface area contributed by atoms with Crippen molar-refractivity contribution in [2.45, 2.75) is 19.3 Å². The van der Waals surface area contributed by atoms with E-state index < -0.39 is 0 Å². The van der Waals surface area contributed by atoms with E-state index in [4.69, 9.17) is 14.2 Å². The van der Waals surface area contributed by atoms with Crippen LogP contribution in [-0.4, -0.2) is 42.3 Å². The van der Waals surface area contributed by atoms with Gasteiger partial charge in [0.05, 0.1) is 38.1 Å². The van der Waals surface area contributed by atoms with Crippen molar-refractivity contribution in [3.63, 3.8) is 0 Å². The van der Waals surface area contributed by atoms with Crippen LogP contribution in [0.5, 0.6) is 11.5 Å². The van der Waals surface area contributed by atoms with Crippen LogP contribution >= 0.6 is 0 Å². The molecule has 0 saturated carbocycles. The maximum atomic E-state index is 12.5. The van der Waals surface area contributed by atoms with E-state index in [1.54, 1.807) is 26.4 Å². The summed E-state index contributed by atoms with van der Waals surface area (Å²) < 4.78 is 18.7. The van der Waals surface area contributed by atoms with E-state index in [0.29, 0.717) is 31.0 Å². The number of benzene rings is 2. The predicted octanol–water partition coefficient (Wildman–Crippen LogP) is 2.90. The Bertz CT molecular complexity index is 1010. The summed E-state index contributed by atoms with van der Waals surface area (Å²) in [5, 5.41) is 2.93. The molecule has 1 aromatic heterocycles. The first-order valence-corrected chi connectivity index (χ1v) is 9.42. The lowest BCUT2D eigenvalue weighted by molar-refractivity contribution is 0.00326. The van der Waals surface area contributed by atoms with Gasteiger partial charge in [-0.2, -0.15) is 0 Å². The van der Waals surface area contributed by atoms with Crippen molar-refractivity contribution >= 4 is 5.91 Å². The highest BCUT2D eigenvalue weighted by molar-refractivity contribution is 5.96. The molecule has 1 aliphatic rings. The number of carbonyl (C=O) groups excluding carboxylic acids is 1. The van der Waals surface area contributed by atoms with Gasteiger partial charge in [0.2, 0.25) is 0 Å². The molecule has 7 nitrogen and oxygen atoms in total. The second kappa shape index (κ2) is 8.36. The fraction of sp³-hybridized carbons (Fsp3) is 0.273. The predicted molar refractivity (Wildman–Crippen MR) is 108 cm³/mol. The van der Waals surface area contributed by atoms with Crippen molar-refractivity contribution in [1.82, 2.24) is 14.9 Å². The highest BCUT2D eigenvalue weighted by atomic mass is 16.5. The SMILES string of the molecule is COc1ccccc1C(=O)NC[C@H]1Cn2cc(-c3ccccc3OC)nc2CO1. The van der Waals surface area contributed by atoms with E-state index in [0.717, 1.165) is 22.8 Å². The molecule has 0 unspecified atom stereocenters. The third-order valence-electron chi connectivity index (χ3n) is 4.93. The maximum absolute atomic E-state index is 12.5. The second-order valence-corrected chi connectivity index (χ2v) is 6.74. The summed E-state index contributed by atoms with van der Waals surface area (Å²) in [5.74, 6) is 2.01. The number of aromatic nitrogens is 2. The van der Waals surface area contributed by atoms with Gasteiger partial charge in [0, 0.05) is 18.3 Å². The van der Waals surface area contributed by atoms with Gasteiger partial charge < -0.3 is 24.1 Å². The molecule has 29 heavy (non-hydrogen) atoms. The Kier molecular flexibility index (Phi) is 5.48. The molecule has 0 radical (unpaired) electrons. The molecule has 2 heterocycles. The van der Waals surface area contributed by atoms with Gasteiger partial charge in [-0.1, -0.05) is 24.3 Å². The van der Waals surface area contributed by atoms with Crippen LogP contribution in [0.4, 0.5) is 0 Å². The van der Waals surface area contributed by atoms with Gasteiger partial charge in [0.25, 0.3) is 5.91 Å². The number of amides is 1. The Morgan fingerprint density at radius 2 is 1.86 bits per heavy atom. The molecule has 0 spiro atoms. The van der Waals surface area contributed by atoms with Crippen LogP contribution in [-0.2, 0) is 17.9 Å². The van der Waals surface area contributed by atoms with E-state index in [-0.39, 0.29) is 12.0 Å². The average Bonchev–Trinajstić information content (AvgIpc) is 3.20. The first-order chi connectivity index (χ1) is 14.2. The number of para-hydroxylation sites is 2. The van der Waals surface area contributed by atoms with Crippen LogP contribution < -0.4 is 14.8 Å². The molecule has 1 N–H and O–H groups in total. The van der Waals surface area contributed by atoms with Crippen LogP contribution in [0.2, 0.25) is 0 Å². The molecule has 1 amide bonds. The summed E-state index contributed by atoms with van der Waals surface area (Å²) in [6.07, 6.45) is 1.87. The van der Waals surface area contributed by atoms with Crippen molar-refractivity contribution < 1.29 is 19.0 Å². The minimum atomic E-state index is -0.183. The molecule has 0 bridgehead atoms. The molecular weight excluding hydrogens is 370 g/mol. The summed E-state index contributed by atoms with van der Waals surface area (Å²) in [5.41, 5.74) is 2.30. The Morgan fingerprint density at radius 1 is 1.14 bits per heavy atom. The molecule has 2 aromatic carbocycles. The molecule has 0 saturated heterocycles. The molecule has 0 fully saturated rings. The number of nitrogens with zero attached hydrogens (tertiary/aromatic N) is 2. The minimum Gasteiger partial charge on any atom is -0.496 e. The normalized spacial score (nSPS) is 15.4. The Labute approximate surface area is 169 Å². The molecule has 0 aliphatic carbocycles. The van der Waals surface area contributed by atoms with Crippen molar-refractivity contribution in [2.24, 2.45) is 0 Å². The smallest absolute Gasteiger partial charge is 0.255 e. The van der Waals surface area contributed by atoms with E-state index in [1.807, 2.05) is 42.6 Å². The monoisotopic (exact) mass is 393 g/mol. The van der Waals surface area contributed by atoms with E-state index in [1.165, 1.54) is 0 Å². The lowest BCUT2D eigenvalue weighted by Crippen LogP contribution is -2.38. The van der Waals surface area contributed by atoms with Crippen molar-refractivity contribution in [1.29, 1.82) is 0 Å². The van der Waals surface area contributed by atoms with Gasteiger partial charge >= 0.3 is 0 Å². The molecule has 1 atom stereocenters. The molecule has 4 rings (SSSR count). The molecule has 150 valence electrons.